The first-order valence-electron chi connectivity index (χ1n) is 12.1. The molecular weight excluding hydrogens is 537 g/mol. The van der Waals surface area contributed by atoms with Gasteiger partial charge in [0.15, 0.2) is 0 Å². The van der Waals surface area contributed by atoms with Crippen LogP contribution in [0.1, 0.15) is 32.4 Å². The minimum absolute atomic E-state index is 0.00835. The van der Waals surface area contributed by atoms with Crippen molar-refractivity contribution < 1.29 is 31.9 Å². The van der Waals surface area contributed by atoms with Crippen LogP contribution in [0.4, 0.5) is 4.39 Å². The van der Waals surface area contributed by atoms with E-state index in [1.54, 1.807) is 12.1 Å². The minimum atomic E-state index is -4.01. The summed E-state index contributed by atoms with van der Waals surface area (Å²) in [5.41, 5.74) is 0.670. The molecule has 0 radical (unpaired) electrons. The van der Waals surface area contributed by atoms with Gasteiger partial charge in [-0.25, -0.2) is 17.5 Å². The first-order valence-corrected chi connectivity index (χ1v) is 14.0. The van der Waals surface area contributed by atoms with Crippen molar-refractivity contribution in [2.45, 2.75) is 50.2 Å². The smallest absolute Gasteiger partial charge is 0.242 e. The second-order valence-corrected chi connectivity index (χ2v) is 11.5. The number of carbonyl (C=O) groups excluding carboxylic acids is 2. The van der Waals surface area contributed by atoms with E-state index in [1.165, 1.54) is 0 Å². The van der Waals surface area contributed by atoms with E-state index in [4.69, 9.17) is 16.0 Å². The van der Waals surface area contributed by atoms with Crippen molar-refractivity contribution in [3.05, 3.63) is 65.1 Å². The molecule has 0 bridgehead atoms. The number of sulfonamides is 1. The van der Waals surface area contributed by atoms with Gasteiger partial charge >= 0.3 is 0 Å². The van der Waals surface area contributed by atoms with Gasteiger partial charge in [-0.3, -0.25) is 9.59 Å². The van der Waals surface area contributed by atoms with Crippen molar-refractivity contribution in [2.75, 3.05) is 13.1 Å². The number of aliphatic hydroxyl groups is 1. The highest BCUT2D eigenvalue weighted by atomic mass is 35.5. The van der Waals surface area contributed by atoms with Crippen molar-refractivity contribution in [2.24, 2.45) is 5.92 Å². The molecule has 38 heavy (non-hydrogen) atoms. The van der Waals surface area contributed by atoms with Gasteiger partial charge in [0.25, 0.3) is 0 Å². The Morgan fingerprint density at radius 1 is 1.13 bits per heavy atom. The lowest BCUT2D eigenvalue weighted by Crippen LogP contribution is -2.49. The maximum atomic E-state index is 13.2. The van der Waals surface area contributed by atoms with Crippen LogP contribution < -0.4 is 15.4 Å². The minimum Gasteiger partial charge on any atom is -0.461 e. The van der Waals surface area contributed by atoms with Gasteiger partial charge in [-0.15, -0.1) is 0 Å². The Morgan fingerprint density at radius 2 is 1.87 bits per heavy atom. The van der Waals surface area contributed by atoms with Crippen molar-refractivity contribution in [3.63, 3.8) is 0 Å². The number of rotatable bonds is 13. The number of benzene rings is 2. The third kappa shape index (κ3) is 8.52. The number of aliphatic hydroxyl groups excluding tert-OH is 1. The normalized spacial score (nSPS) is 13.4. The number of fused-ring (bicyclic) bond motifs is 1. The lowest BCUT2D eigenvalue weighted by atomic mass is 10.0. The van der Waals surface area contributed by atoms with Gasteiger partial charge in [0.2, 0.25) is 21.8 Å². The van der Waals surface area contributed by atoms with Crippen LogP contribution in [0.3, 0.4) is 0 Å². The molecule has 0 aliphatic rings. The lowest BCUT2D eigenvalue weighted by Gasteiger charge is -2.21. The molecule has 9 nitrogen and oxygen atoms in total. The highest BCUT2D eigenvalue weighted by Crippen LogP contribution is 2.22. The predicted molar refractivity (Wildman–Crippen MR) is 142 cm³/mol. The summed E-state index contributed by atoms with van der Waals surface area (Å²) in [5.74, 6) is -0.919. The molecule has 0 saturated carbocycles. The fourth-order valence-corrected chi connectivity index (χ4v) is 5.38. The molecule has 1 heterocycles. The van der Waals surface area contributed by atoms with E-state index in [1.807, 2.05) is 32.0 Å². The maximum Gasteiger partial charge on any atom is 0.242 e. The van der Waals surface area contributed by atoms with Crippen LogP contribution in [0, 0.1) is 11.7 Å². The van der Waals surface area contributed by atoms with Crippen molar-refractivity contribution in [1.29, 1.82) is 0 Å². The molecule has 0 fully saturated rings. The Labute approximate surface area is 225 Å². The molecule has 12 heteroatoms. The number of carbonyl (C=O) groups is 2. The Bertz CT molecular complexity index is 1350. The van der Waals surface area contributed by atoms with Gasteiger partial charge in [-0.2, -0.15) is 0 Å². The zero-order valence-electron chi connectivity index (χ0n) is 21.0. The number of para-hydroxylation sites is 1. The van der Waals surface area contributed by atoms with Crippen LogP contribution in [0.2, 0.25) is 5.02 Å². The zero-order chi connectivity index (χ0) is 27.9. The molecule has 0 saturated heterocycles. The van der Waals surface area contributed by atoms with Crippen molar-refractivity contribution in [1.82, 2.24) is 15.4 Å². The van der Waals surface area contributed by atoms with Crippen LogP contribution in [0.15, 0.2) is 57.8 Å². The van der Waals surface area contributed by atoms with E-state index in [0.29, 0.717) is 17.8 Å². The second kappa shape index (κ2) is 13.2. The van der Waals surface area contributed by atoms with Crippen molar-refractivity contribution >= 4 is 44.4 Å². The van der Waals surface area contributed by atoms with Crippen LogP contribution in [-0.2, 0) is 26.0 Å². The van der Waals surface area contributed by atoms with E-state index in [-0.39, 0.29) is 47.7 Å². The second-order valence-electron chi connectivity index (χ2n) is 9.34. The van der Waals surface area contributed by atoms with Crippen LogP contribution in [-0.4, -0.2) is 50.6 Å². The number of furan rings is 1. The topological polar surface area (TPSA) is 138 Å². The molecule has 3 aromatic rings. The third-order valence-corrected chi connectivity index (χ3v) is 7.58. The molecule has 3 rings (SSSR count). The molecule has 0 aliphatic heterocycles. The van der Waals surface area contributed by atoms with E-state index in [9.17, 15) is 27.5 Å². The average Bonchev–Trinajstić information content (AvgIpc) is 3.23. The summed E-state index contributed by atoms with van der Waals surface area (Å²) in [6, 6.07) is 11.3. The molecule has 0 unspecified atom stereocenters. The fraction of sp³-hybridized carbons (Fsp3) is 0.385. The van der Waals surface area contributed by atoms with Gasteiger partial charge in [0, 0.05) is 18.5 Å². The molecule has 206 valence electrons. The summed E-state index contributed by atoms with van der Waals surface area (Å²) < 4.78 is 45.9. The molecular formula is C26H31ClFN3O6S. The van der Waals surface area contributed by atoms with E-state index in [2.05, 4.69) is 15.4 Å². The summed E-state index contributed by atoms with van der Waals surface area (Å²) in [5, 5.41) is 16.2. The standard InChI is InChI=1S/C26H31ClFN3O6S/c1-16(2)11-22(31-25(33)14-20-12-17-5-3-4-6-23(17)37-20)26(34)29-15-19(32)9-10-30-38(35,36)24-8-7-18(28)13-21(24)27/h3-8,12-13,16,19,22,30,32H,9-11,14-15H2,1-2H3,(H,29,34)(H,31,33)/t19-,22-/m0/s1. The zero-order valence-corrected chi connectivity index (χ0v) is 22.6. The summed E-state index contributed by atoms with van der Waals surface area (Å²) >= 11 is 5.81. The Kier molecular flexibility index (Phi) is 10.3. The number of halogens is 2. The monoisotopic (exact) mass is 567 g/mol. The molecule has 2 atom stereocenters. The number of hydrogen-bond acceptors (Lipinski definition) is 6. The number of hydrogen-bond donors (Lipinski definition) is 4. The van der Waals surface area contributed by atoms with E-state index >= 15 is 0 Å². The summed E-state index contributed by atoms with van der Waals surface area (Å²) in [6.07, 6.45) is -0.717. The molecule has 2 aromatic carbocycles. The van der Waals surface area contributed by atoms with Gasteiger partial charge in [0.1, 0.15) is 28.1 Å². The number of amides is 2. The Balaban J connectivity index is 1.48. The Hall–Kier alpha value is -2.99. The summed E-state index contributed by atoms with van der Waals surface area (Å²) in [6.45, 7) is 3.54. The highest BCUT2D eigenvalue weighted by molar-refractivity contribution is 7.89. The Morgan fingerprint density at radius 3 is 2.55 bits per heavy atom. The first kappa shape index (κ1) is 29.6. The molecule has 0 aliphatic carbocycles. The van der Waals surface area contributed by atoms with Crippen LogP contribution >= 0.6 is 11.6 Å². The van der Waals surface area contributed by atoms with Crippen LogP contribution in [0.5, 0.6) is 0 Å². The lowest BCUT2D eigenvalue weighted by molar-refractivity contribution is -0.129. The van der Waals surface area contributed by atoms with Gasteiger partial charge < -0.3 is 20.2 Å². The van der Waals surface area contributed by atoms with Gasteiger partial charge in [0.05, 0.1) is 17.5 Å². The van der Waals surface area contributed by atoms with E-state index < -0.39 is 33.9 Å². The quantitative estimate of drug-likeness (QED) is 0.250. The summed E-state index contributed by atoms with van der Waals surface area (Å²) in [4.78, 5) is 25.1. The van der Waals surface area contributed by atoms with Crippen LogP contribution in [0.25, 0.3) is 11.0 Å². The first-order chi connectivity index (χ1) is 17.9. The molecule has 2 amide bonds. The van der Waals surface area contributed by atoms with Crippen molar-refractivity contribution in [3.8, 4) is 0 Å². The molecule has 1 aromatic heterocycles. The number of nitrogens with one attached hydrogen (secondary N) is 3. The predicted octanol–water partition coefficient (Wildman–Crippen LogP) is 3.14. The average molecular weight is 568 g/mol. The summed E-state index contributed by atoms with van der Waals surface area (Å²) in [7, 11) is -4.01. The van der Waals surface area contributed by atoms with Gasteiger partial charge in [-0.1, -0.05) is 43.6 Å². The fourth-order valence-electron chi connectivity index (χ4n) is 3.80. The van der Waals surface area contributed by atoms with E-state index in [0.717, 1.165) is 23.6 Å². The third-order valence-electron chi connectivity index (χ3n) is 5.64. The SMILES string of the molecule is CC(C)C[C@H](NC(=O)Cc1cc2ccccc2o1)C(=O)NC[C@@H](O)CCNS(=O)(=O)c1ccc(F)cc1Cl. The highest BCUT2D eigenvalue weighted by Gasteiger charge is 2.24. The molecule has 0 spiro atoms. The maximum absolute atomic E-state index is 13.2. The molecule has 4 N–H and O–H groups in total. The van der Waals surface area contributed by atoms with Gasteiger partial charge in [-0.05, 0) is 49.1 Å². The largest absolute Gasteiger partial charge is 0.461 e.